The highest BCUT2D eigenvalue weighted by molar-refractivity contribution is 5.30. The highest BCUT2D eigenvalue weighted by Crippen LogP contribution is 2.17. The SMILES string of the molecule is OCC1Cc2ccc(F)cc2CN1. The third-order valence-electron chi connectivity index (χ3n) is 2.44. The summed E-state index contributed by atoms with van der Waals surface area (Å²) >= 11 is 0. The lowest BCUT2D eigenvalue weighted by Gasteiger charge is -2.24. The molecule has 0 aliphatic carbocycles. The zero-order valence-corrected chi connectivity index (χ0v) is 7.26. The molecule has 0 radical (unpaired) electrons. The fraction of sp³-hybridized carbons (Fsp3) is 0.400. The van der Waals surface area contributed by atoms with Crippen molar-refractivity contribution in [2.24, 2.45) is 0 Å². The highest BCUT2D eigenvalue weighted by atomic mass is 19.1. The van der Waals surface area contributed by atoms with Crippen molar-refractivity contribution in [2.75, 3.05) is 6.61 Å². The summed E-state index contributed by atoms with van der Waals surface area (Å²) in [6.45, 7) is 0.787. The van der Waals surface area contributed by atoms with Gasteiger partial charge in [0.15, 0.2) is 0 Å². The largest absolute Gasteiger partial charge is 0.395 e. The van der Waals surface area contributed by atoms with Crippen LogP contribution >= 0.6 is 0 Å². The minimum atomic E-state index is -0.192. The minimum Gasteiger partial charge on any atom is -0.395 e. The maximum absolute atomic E-state index is 12.8. The molecule has 1 aromatic carbocycles. The Kier molecular flexibility index (Phi) is 2.29. The lowest BCUT2D eigenvalue weighted by atomic mass is 9.96. The standard InChI is InChI=1S/C10H12FNO/c11-9-2-1-7-4-10(6-13)12-5-8(7)3-9/h1-3,10,12-13H,4-6H2. The van der Waals surface area contributed by atoms with E-state index in [1.165, 1.54) is 6.07 Å². The molecule has 1 aliphatic rings. The molecular weight excluding hydrogens is 169 g/mol. The van der Waals surface area contributed by atoms with Crippen molar-refractivity contribution in [1.29, 1.82) is 0 Å². The van der Waals surface area contributed by atoms with Gasteiger partial charge in [-0.1, -0.05) is 6.07 Å². The van der Waals surface area contributed by atoms with Crippen LogP contribution in [-0.2, 0) is 13.0 Å². The molecular formula is C10H12FNO. The molecule has 0 aromatic heterocycles. The predicted octanol–water partition coefficient (Wildman–Crippen LogP) is 0.832. The Hall–Kier alpha value is -0.930. The van der Waals surface area contributed by atoms with E-state index >= 15 is 0 Å². The lowest BCUT2D eigenvalue weighted by molar-refractivity contribution is 0.235. The minimum absolute atomic E-state index is 0.123. The maximum atomic E-state index is 12.8. The summed E-state index contributed by atoms with van der Waals surface area (Å²) < 4.78 is 12.8. The van der Waals surface area contributed by atoms with Gasteiger partial charge in [0.1, 0.15) is 5.82 Å². The van der Waals surface area contributed by atoms with Crippen LogP contribution in [0.25, 0.3) is 0 Å². The van der Waals surface area contributed by atoms with Gasteiger partial charge in [0.2, 0.25) is 0 Å². The fourth-order valence-corrected chi connectivity index (χ4v) is 1.68. The summed E-state index contributed by atoms with van der Waals surface area (Å²) in [5.41, 5.74) is 2.14. The van der Waals surface area contributed by atoms with E-state index in [2.05, 4.69) is 5.32 Å². The van der Waals surface area contributed by atoms with Gasteiger partial charge in [0.25, 0.3) is 0 Å². The number of fused-ring (bicyclic) bond motifs is 1. The van der Waals surface area contributed by atoms with Gasteiger partial charge in [-0.25, -0.2) is 4.39 Å². The lowest BCUT2D eigenvalue weighted by Crippen LogP contribution is -2.38. The van der Waals surface area contributed by atoms with Gasteiger partial charge in [-0.2, -0.15) is 0 Å². The first-order chi connectivity index (χ1) is 6.29. The average Bonchev–Trinajstić information content (AvgIpc) is 2.17. The van der Waals surface area contributed by atoms with Crippen molar-refractivity contribution in [3.8, 4) is 0 Å². The van der Waals surface area contributed by atoms with Crippen LogP contribution in [0.15, 0.2) is 18.2 Å². The van der Waals surface area contributed by atoms with Gasteiger partial charge >= 0.3 is 0 Å². The number of aliphatic hydroxyl groups is 1. The fourth-order valence-electron chi connectivity index (χ4n) is 1.68. The van der Waals surface area contributed by atoms with Crippen molar-refractivity contribution < 1.29 is 9.50 Å². The monoisotopic (exact) mass is 181 g/mol. The van der Waals surface area contributed by atoms with E-state index in [4.69, 9.17) is 5.11 Å². The van der Waals surface area contributed by atoms with Crippen LogP contribution in [0.1, 0.15) is 11.1 Å². The topological polar surface area (TPSA) is 32.3 Å². The molecule has 2 rings (SSSR count). The Labute approximate surface area is 76.4 Å². The molecule has 0 spiro atoms. The molecule has 0 saturated carbocycles. The zero-order valence-electron chi connectivity index (χ0n) is 7.26. The summed E-state index contributed by atoms with van der Waals surface area (Å²) in [6, 6.07) is 4.95. The van der Waals surface area contributed by atoms with Gasteiger partial charge in [0, 0.05) is 12.6 Å². The van der Waals surface area contributed by atoms with Crippen LogP contribution in [-0.4, -0.2) is 17.8 Å². The predicted molar refractivity (Wildman–Crippen MR) is 47.8 cm³/mol. The van der Waals surface area contributed by atoms with Crippen molar-refractivity contribution in [1.82, 2.24) is 5.32 Å². The Morgan fingerprint density at radius 3 is 3.08 bits per heavy atom. The Bertz CT molecular complexity index is 314. The van der Waals surface area contributed by atoms with E-state index < -0.39 is 0 Å². The molecule has 1 unspecified atom stereocenters. The molecule has 13 heavy (non-hydrogen) atoms. The number of nitrogens with one attached hydrogen (secondary N) is 1. The first kappa shape index (κ1) is 8.66. The van der Waals surface area contributed by atoms with E-state index in [0.717, 1.165) is 17.5 Å². The summed E-state index contributed by atoms with van der Waals surface area (Å²) in [7, 11) is 0. The van der Waals surface area contributed by atoms with Crippen LogP contribution in [0.2, 0.25) is 0 Å². The molecule has 0 amide bonds. The summed E-state index contributed by atoms with van der Waals surface area (Å²) in [6.07, 6.45) is 0.784. The molecule has 2 nitrogen and oxygen atoms in total. The Balaban J connectivity index is 2.26. The number of rotatable bonds is 1. The third kappa shape index (κ3) is 1.71. The molecule has 1 aromatic rings. The average molecular weight is 181 g/mol. The quantitative estimate of drug-likeness (QED) is 0.672. The van der Waals surface area contributed by atoms with Crippen molar-refractivity contribution >= 4 is 0 Å². The normalized spacial score (nSPS) is 21.2. The van der Waals surface area contributed by atoms with Gasteiger partial charge in [-0.15, -0.1) is 0 Å². The van der Waals surface area contributed by atoms with E-state index in [0.29, 0.717) is 6.54 Å². The van der Waals surface area contributed by atoms with Gasteiger partial charge in [-0.3, -0.25) is 0 Å². The number of halogens is 1. The van der Waals surface area contributed by atoms with Crippen LogP contribution < -0.4 is 5.32 Å². The van der Waals surface area contributed by atoms with Crippen LogP contribution in [0.5, 0.6) is 0 Å². The third-order valence-corrected chi connectivity index (χ3v) is 2.44. The van der Waals surface area contributed by atoms with Crippen molar-refractivity contribution in [2.45, 2.75) is 19.0 Å². The molecule has 2 N–H and O–H groups in total. The maximum Gasteiger partial charge on any atom is 0.123 e. The van der Waals surface area contributed by atoms with E-state index in [9.17, 15) is 4.39 Å². The molecule has 0 fully saturated rings. The molecule has 70 valence electrons. The number of aliphatic hydroxyl groups excluding tert-OH is 1. The van der Waals surface area contributed by atoms with Gasteiger partial charge < -0.3 is 10.4 Å². The molecule has 3 heteroatoms. The second-order valence-electron chi connectivity index (χ2n) is 3.38. The van der Waals surface area contributed by atoms with Crippen LogP contribution in [0, 0.1) is 5.82 Å². The van der Waals surface area contributed by atoms with Crippen LogP contribution in [0.3, 0.4) is 0 Å². The first-order valence-electron chi connectivity index (χ1n) is 4.41. The molecule has 1 aliphatic heterocycles. The molecule has 0 saturated heterocycles. The van der Waals surface area contributed by atoms with Crippen molar-refractivity contribution in [3.63, 3.8) is 0 Å². The van der Waals surface area contributed by atoms with Gasteiger partial charge in [-0.05, 0) is 29.7 Å². The zero-order chi connectivity index (χ0) is 9.26. The molecule has 0 bridgehead atoms. The molecule has 1 heterocycles. The summed E-state index contributed by atoms with van der Waals surface area (Å²) in [5, 5.41) is 12.1. The molecule has 1 atom stereocenters. The second-order valence-corrected chi connectivity index (χ2v) is 3.38. The van der Waals surface area contributed by atoms with E-state index in [1.54, 1.807) is 12.1 Å². The summed E-state index contributed by atoms with van der Waals surface area (Å²) in [5.74, 6) is -0.192. The van der Waals surface area contributed by atoms with E-state index in [-0.39, 0.29) is 18.5 Å². The first-order valence-corrected chi connectivity index (χ1v) is 4.41. The van der Waals surface area contributed by atoms with Crippen molar-refractivity contribution in [3.05, 3.63) is 35.1 Å². The number of hydrogen-bond donors (Lipinski definition) is 2. The van der Waals surface area contributed by atoms with E-state index in [1.807, 2.05) is 0 Å². The second kappa shape index (κ2) is 3.44. The van der Waals surface area contributed by atoms with Crippen LogP contribution in [0.4, 0.5) is 4.39 Å². The smallest absolute Gasteiger partial charge is 0.123 e. The Morgan fingerprint density at radius 1 is 1.46 bits per heavy atom. The van der Waals surface area contributed by atoms with Gasteiger partial charge in [0.05, 0.1) is 6.61 Å². The number of benzene rings is 1. The Morgan fingerprint density at radius 2 is 2.31 bits per heavy atom. The number of hydrogen-bond acceptors (Lipinski definition) is 2. The summed E-state index contributed by atoms with van der Waals surface area (Å²) in [4.78, 5) is 0. The highest BCUT2D eigenvalue weighted by Gasteiger charge is 2.16.